The Hall–Kier alpha value is -0.870. The number of carbonyl (C=O) groups is 1. The SMILES string of the molecule is CON(C)C(=O)c1ccc(C)s1. The molecular formula is C8H11NO2S. The van der Waals surface area contributed by atoms with Gasteiger partial charge in [-0.1, -0.05) is 0 Å². The Morgan fingerprint density at radius 1 is 1.58 bits per heavy atom. The van der Waals surface area contributed by atoms with Crippen LogP contribution in [-0.2, 0) is 4.84 Å². The normalized spacial score (nSPS) is 9.92. The maximum atomic E-state index is 11.4. The first kappa shape index (κ1) is 9.22. The van der Waals surface area contributed by atoms with Crippen molar-refractivity contribution in [3.63, 3.8) is 0 Å². The van der Waals surface area contributed by atoms with Crippen molar-refractivity contribution in [2.24, 2.45) is 0 Å². The van der Waals surface area contributed by atoms with E-state index in [1.807, 2.05) is 13.0 Å². The summed E-state index contributed by atoms with van der Waals surface area (Å²) < 4.78 is 0. The highest BCUT2D eigenvalue weighted by molar-refractivity contribution is 7.13. The minimum atomic E-state index is -0.101. The number of nitrogens with zero attached hydrogens (tertiary/aromatic N) is 1. The van der Waals surface area contributed by atoms with E-state index in [1.165, 1.54) is 23.5 Å². The summed E-state index contributed by atoms with van der Waals surface area (Å²) in [6, 6.07) is 3.72. The average Bonchev–Trinajstić information content (AvgIpc) is 2.49. The molecule has 3 nitrogen and oxygen atoms in total. The van der Waals surface area contributed by atoms with Crippen molar-refractivity contribution in [1.29, 1.82) is 0 Å². The third-order valence-corrected chi connectivity index (χ3v) is 2.50. The van der Waals surface area contributed by atoms with E-state index in [2.05, 4.69) is 0 Å². The number of carbonyl (C=O) groups excluding carboxylic acids is 1. The lowest BCUT2D eigenvalue weighted by atomic mass is 10.4. The third-order valence-electron chi connectivity index (χ3n) is 1.51. The summed E-state index contributed by atoms with van der Waals surface area (Å²) in [4.78, 5) is 18.0. The van der Waals surface area contributed by atoms with E-state index in [1.54, 1.807) is 13.1 Å². The van der Waals surface area contributed by atoms with Crippen LogP contribution in [0.5, 0.6) is 0 Å². The summed E-state index contributed by atoms with van der Waals surface area (Å²) in [6.45, 7) is 1.97. The molecule has 1 heterocycles. The van der Waals surface area contributed by atoms with Crippen LogP contribution < -0.4 is 0 Å². The molecule has 12 heavy (non-hydrogen) atoms. The molecule has 1 aromatic heterocycles. The molecule has 0 unspecified atom stereocenters. The van der Waals surface area contributed by atoms with Crippen molar-refractivity contribution in [1.82, 2.24) is 5.06 Å². The summed E-state index contributed by atoms with van der Waals surface area (Å²) in [6.07, 6.45) is 0. The van der Waals surface area contributed by atoms with Crippen LogP contribution in [0.25, 0.3) is 0 Å². The maximum absolute atomic E-state index is 11.4. The molecule has 0 bridgehead atoms. The van der Waals surface area contributed by atoms with E-state index >= 15 is 0 Å². The number of hydrogen-bond donors (Lipinski definition) is 0. The fraction of sp³-hybridized carbons (Fsp3) is 0.375. The molecule has 0 aliphatic carbocycles. The van der Waals surface area contributed by atoms with Crippen molar-refractivity contribution in [3.8, 4) is 0 Å². The second kappa shape index (κ2) is 3.69. The number of rotatable bonds is 2. The van der Waals surface area contributed by atoms with Crippen LogP contribution in [-0.4, -0.2) is 25.1 Å². The highest BCUT2D eigenvalue weighted by Gasteiger charge is 2.12. The van der Waals surface area contributed by atoms with Crippen LogP contribution >= 0.6 is 11.3 Å². The zero-order chi connectivity index (χ0) is 9.14. The first-order chi connectivity index (χ1) is 5.65. The average molecular weight is 185 g/mol. The molecule has 0 aliphatic heterocycles. The van der Waals surface area contributed by atoms with Gasteiger partial charge in [0.05, 0.1) is 12.0 Å². The predicted molar refractivity (Wildman–Crippen MR) is 48.2 cm³/mol. The topological polar surface area (TPSA) is 29.5 Å². The van der Waals surface area contributed by atoms with Crippen molar-refractivity contribution < 1.29 is 9.63 Å². The van der Waals surface area contributed by atoms with Crippen LogP contribution in [0, 0.1) is 6.92 Å². The van der Waals surface area contributed by atoms with Gasteiger partial charge in [0, 0.05) is 11.9 Å². The Morgan fingerprint density at radius 2 is 2.25 bits per heavy atom. The Morgan fingerprint density at radius 3 is 2.67 bits per heavy atom. The molecule has 0 spiro atoms. The second-order valence-electron chi connectivity index (χ2n) is 2.40. The largest absolute Gasteiger partial charge is 0.287 e. The van der Waals surface area contributed by atoms with Gasteiger partial charge in [-0.25, -0.2) is 5.06 Å². The van der Waals surface area contributed by atoms with Gasteiger partial charge in [-0.05, 0) is 19.1 Å². The number of aryl methyl sites for hydroxylation is 1. The molecule has 1 aromatic rings. The molecular weight excluding hydrogens is 174 g/mol. The van der Waals surface area contributed by atoms with E-state index in [4.69, 9.17) is 4.84 Å². The summed E-state index contributed by atoms with van der Waals surface area (Å²) in [7, 11) is 3.07. The first-order valence-electron chi connectivity index (χ1n) is 3.53. The molecule has 0 atom stereocenters. The van der Waals surface area contributed by atoms with Crippen LogP contribution in [0.3, 0.4) is 0 Å². The first-order valence-corrected chi connectivity index (χ1v) is 4.35. The fourth-order valence-electron chi connectivity index (χ4n) is 0.788. The van der Waals surface area contributed by atoms with Crippen LogP contribution in [0.15, 0.2) is 12.1 Å². The Bertz CT molecular complexity index is 282. The van der Waals surface area contributed by atoms with Gasteiger partial charge in [-0.15, -0.1) is 11.3 Å². The Labute approximate surface area is 75.5 Å². The number of thiophene rings is 1. The summed E-state index contributed by atoms with van der Waals surface area (Å²) in [5.74, 6) is -0.101. The van der Waals surface area contributed by atoms with E-state index < -0.39 is 0 Å². The lowest BCUT2D eigenvalue weighted by Gasteiger charge is -2.11. The van der Waals surface area contributed by atoms with Gasteiger partial charge in [0.1, 0.15) is 0 Å². The van der Waals surface area contributed by atoms with E-state index in [0.29, 0.717) is 4.88 Å². The maximum Gasteiger partial charge on any atom is 0.287 e. The van der Waals surface area contributed by atoms with Gasteiger partial charge in [-0.2, -0.15) is 0 Å². The highest BCUT2D eigenvalue weighted by atomic mass is 32.1. The monoisotopic (exact) mass is 185 g/mol. The van der Waals surface area contributed by atoms with Gasteiger partial charge >= 0.3 is 0 Å². The quantitative estimate of drug-likeness (QED) is 0.656. The van der Waals surface area contributed by atoms with Crippen LogP contribution in [0.1, 0.15) is 14.5 Å². The van der Waals surface area contributed by atoms with Gasteiger partial charge in [0.25, 0.3) is 5.91 Å². The molecule has 0 saturated heterocycles. The van der Waals surface area contributed by atoms with E-state index in [0.717, 1.165) is 4.88 Å². The fourth-order valence-corrected chi connectivity index (χ4v) is 1.62. The van der Waals surface area contributed by atoms with Crippen molar-refractivity contribution in [3.05, 3.63) is 21.9 Å². The van der Waals surface area contributed by atoms with Crippen molar-refractivity contribution >= 4 is 17.2 Å². The molecule has 0 aromatic carbocycles. The molecule has 0 radical (unpaired) electrons. The van der Waals surface area contributed by atoms with Gasteiger partial charge in [0.15, 0.2) is 0 Å². The molecule has 0 fully saturated rings. The predicted octanol–water partition coefficient (Wildman–Crippen LogP) is 1.69. The number of hydrogen-bond acceptors (Lipinski definition) is 3. The minimum Gasteiger partial charge on any atom is -0.274 e. The Balaban J connectivity index is 2.78. The number of hydroxylamine groups is 2. The van der Waals surface area contributed by atoms with Gasteiger partial charge in [0.2, 0.25) is 0 Å². The summed E-state index contributed by atoms with van der Waals surface area (Å²) in [5, 5.41) is 1.21. The third kappa shape index (κ3) is 1.84. The van der Waals surface area contributed by atoms with Gasteiger partial charge in [-0.3, -0.25) is 9.63 Å². The number of amides is 1. The zero-order valence-corrected chi connectivity index (χ0v) is 8.14. The smallest absolute Gasteiger partial charge is 0.274 e. The molecule has 0 N–H and O–H groups in total. The second-order valence-corrected chi connectivity index (χ2v) is 3.68. The highest BCUT2D eigenvalue weighted by Crippen LogP contribution is 2.16. The van der Waals surface area contributed by atoms with E-state index in [-0.39, 0.29) is 5.91 Å². The molecule has 0 saturated carbocycles. The van der Waals surface area contributed by atoms with E-state index in [9.17, 15) is 4.79 Å². The van der Waals surface area contributed by atoms with Crippen LogP contribution in [0.2, 0.25) is 0 Å². The Kier molecular flexibility index (Phi) is 2.83. The van der Waals surface area contributed by atoms with Crippen molar-refractivity contribution in [2.75, 3.05) is 14.2 Å². The lowest BCUT2D eigenvalue weighted by molar-refractivity contribution is -0.0753. The molecule has 0 aliphatic rings. The zero-order valence-electron chi connectivity index (χ0n) is 7.33. The standard InChI is InChI=1S/C8H11NO2S/c1-6-4-5-7(12-6)8(10)9(2)11-3/h4-5H,1-3H3. The van der Waals surface area contributed by atoms with Crippen molar-refractivity contribution in [2.45, 2.75) is 6.92 Å². The minimum absolute atomic E-state index is 0.101. The lowest BCUT2D eigenvalue weighted by Crippen LogP contribution is -2.24. The summed E-state index contributed by atoms with van der Waals surface area (Å²) >= 11 is 1.47. The molecule has 1 rings (SSSR count). The van der Waals surface area contributed by atoms with Crippen LogP contribution in [0.4, 0.5) is 0 Å². The van der Waals surface area contributed by atoms with Gasteiger partial charge < -0.3 is 0 Å². The molecule has 4 heteroatoms. The summed E-state index contributed by atoms with van der Waals surface area (Å²) in [5.41, 5.74) is 0. The molecule has 1 amide bonds. The molecule has 66 valence electrons.